The number of rotatable bonds is 5. The van der Waals surface area contributed by atoms with Gasteiger partial charge in [-0.15, -0.1) is 12.6 Å². The number of ether oxygens (including phenoxy) is 2. The van der Waals surface area contributed by atoms with Gasteiger partial charge in [0.25, 0.3) is 0 Å². The molecule has 0 spiro atoms. The molecule has 0 fully saturated rings. The lowest BCUT2D eigenvalue weighted by molar-refractivity contribution is 0.112. The summed E-state index contributed by atoms with van der Waals surface area (Å²) in [5, 5.41) is 0. The molecule has 82 valence electrons. The van der Waals surface area contributed by atoms with Crippen molar-refractivity contribution in [3.8, 4) is 11.5 Å². The van der Waals surface area contributed by atoms with E-state index in [1.165, 1.54) is 7.11 Å². The average Bonchev–Trinajstić information content (AvgIpc) is 2.28. The Morgan fingerprint density at radius 2 is 2.27 bits per heavy atom. The Bertz CT molecular complexity index is 339. The normalized spacial score (nSPS) is 11.9. The number of thiol groups is 1. The van der Waals surface area contributed by atoms with Crippen molar-refractivity contribution in [1.82, 2.24) is 0 Å². The van der Waals surface area contributed by atoms with Crippen LogP contribution in [-0.4, -0.2) is 18.8 Å². The smallest absolute Gasteiger partial charge is 0.153 e. The van der Waals surface area contributed by atoms with Crippen molar-refractivity contribution in [2.75, 3.05) is 7.11 Å². The van der Waals surface area contributed by atoms with Gasteiger partial charge in [-0.3, -0.25) is 4.79 Å². The molecule has 0 bridgehead atoms. The molecule has 1 atom stereocenters. The molecule has 0 aliphatic heterocycles. The van der Waals surface area contributed by atoms with E-state index in [-0.39, 0.29) is 5.44 Å². The first-order valence-corrected chi connectivity index (χ1v) is 5.20. The minimum absolute atomic E-state index is 0.142. The van der Waals surface area contributed by atoms with E-state index in [0.29, 0.717) is 17.1 Å². The van der Waals surface area contributed by atoms with E-state index in [1.54, 1.807) is 18.2 Å². The number of hydrogen-bond donors (Lipinski definition) is 1. The maximum absolute atomic E-state index is 10.6. The summed E-state index contributed by atoms with van der Waals surface area (Å²) < 4.78 is 10.5. The monoisotopic (exact) mass is 226 g/mol. The number of carbonyl (C=O) groups excluding carboxylic acids is 1. The standard InChI is InChI=1S/C11H14O3S/c1-3-11(15)14-9-5-4-8(7-12)10(6-9)13-2/h4-7,11,15H,3H2,1-2H3. The predicted molar refractivity (Wildman–Crippen MR) is 62.1 cm³/mol. The van der Waals surface area contributed by atoms with Crippen molar-refractivity contribution in [2.45, 2.75) is 18.8 Å². The zero-order valence-corrected chi connectivity index (χ0v) is 9.66. The van der Waals surface area contributed by atoms with Gasteiger partial charge in [0, 0.05) is 6.07 Å². The highest BCUT2D eigenvalue weighted by atomic mass is 32.1. The molecule has 15 heavy (non-hydrogen) atoms. The Kier molecular flexibility index (Phi) is 4.49. The molecule has 0 aliphatic rings. The molecule has 0 amide bonds. The summed E-state index contributed by atoms with van der Waals surface area (Å²) in [6.07, 6.45) is 1.56. The van der Waals surface area contributed by atoms with Crippen LogP contribution in [-0.2, 0) is 0 Å². The van der Waals surface area contributed by atoms with Gasteiger partial charge in [-0.2, -0.15) is 0 Å². The van der Waals surface area contributed by atoms with Crippen LogP contribution in [0, 0.1) is 0 Å². The number of aldehydes is 1. The third-order valence-corrected chi connectivity index (χ3v) is 2.42. The summed E-state index contributed by atoms with van der Waals surface area (Å²) in [5.74, 6) is 1.17. The lowest BCUT2D eigenvalue weighted by atomic mass is 10.2. The zero-order chi connectivity index (χ0) is 11.3. The fourth-order valence-corrected chi connectivity index (χ4v) is 1.22. The maximum atomic E-state index is 10.6. The van der Waals surface area contributed by atoms with Crippen LogP contribution in [0.4, 0.5) is 0 Å². The van der Waals surface area contributed by atoms with E-state index in [4.69, 9.17) is 9.47 Å². The molecule has 1 aromatic carbocycles. The van der Waals surface area contributed by atoms with E-state index in [0.717, 1.165) is 12.7 Å². The Hall–Kier alpha value is -1.16. The molecule has 4 heteroatoms. The van der Waals surface area contributed by atoms with Crippen molar-refractivity contribution in [3.63, 3.8) is 0 Å². The molecule has 0 saturated heterocycles. The lowest BCUT2D eigenvalue weighted by Crippen LogP contribution is -2.06. The molecule has 0 N–H and O–H groups in total. The molecular weight excluding hydrogens is 212 g/mol. The van der Waals surface area contributed by atoms with Gasteiger partial charge in [0.2, 0.25) is 0 Å². The van der Waals surface area contributed by atoms with Crippen LogP contribution >= 0.6 is 12.6 Å². The minimum Gasteiger partial charge on any atom is -0.496 e. The Balaban J connectivity index is 2.88. The SMILES string of the molecule is CCC(S)Oc1ccc(C=O)c(OC)c1. The molecule has 0 heterocycles. The molecule has 1 unspecified atom stereocenters. The van der Waals surface area contributed by atoms with Crippen LogP contribution in [0.1, 0.15) is 23.7 Å². The number of benzene rings is 1. The van der Waals surface area contributed by atoms with E-state index in [1.807, 2.05) is 6.92 Å². The van der Waals surface area contributed by atoms with E-state index in [9.17, 15) is 4.79 Å². The maximum Gasteiger partial charge on any atom is 0.153 e. The van der Waals surface area contributed by atoms with Crippen molar-refractivity contribution < 1.29 is 14.3 Å². The van der Waals surface area contributed by atoms with Crippen LogP contribution in [0.3, 0.4) is 0 Å². The molecule has 0 aromatic heterocycles. The molecular formula is C11H14O3S. The van der Waals surface area contributed by atoms with Gasteiger partial charge in [-0.05, 0) is 18.6 Å². The number of carbonyl (C=O) groups is 1. The van der Waals surface area contributed by atoms with Gasteiger partial charge in [0.15, 0.2) is 6.29 Å². The fourth-order valence-electron chi connectivity index (χ4n) is 1.10. The largest absolute Gasteiger partial charge is 0.496 e. The number of hydrogen-bond acceptors (Lipinski definition) is 4. The summed E-state index contributed by atoms with van der Waals surface area (Å²) >= 11 is 4.22. The van der Waals surface area contributed by atoms with E-state index < -0.39 is 0 Å². The van der Waals surface area contributed by atoms with Crippen molar-refractivity contribution in [2.24, 2.45) is 0 Å². The van der Waals surface area contributed by atoms with Crippen molar-refractivity contribution in [3.05, 3.63) is 23.8 Å². The van der Waals surface area contributed by atoms with Gasteiger partial charge < -0.3 is 9.47 Å². The van der Waals surface area contributed by atoms with E-state index >= 15 is 0 Å². The highest BCUT2D eigenvalue weighted by Crippen LogP contribution is 2.24. The second-order valence-electron chi connectivity index (χ2n) is 3.00. The summed E-state index contributed by atoms with van der Waals surface area (Å²) in [6.45, 7) is 1.98. The Morgan fingerprint density at radius 1 is 1.53 bits per heavy atom. The summed E-state index contributed by atoms with van der Waals surface area (Å²) in [7, 11) is 1.52. The fraction of sp³-hybridized carbons (Fsp3) is 0.364. The first-order valence-electron chi connectivity index (χ1n) is 4.69. The second-order valence-corrected chi connectivity index (χ2v) is 3.58. The Morgan fingerprint density at radius 3 is 2.80 bits per heavy atom. The predicted octanol–water partition coefficient (Wildman–Crippen LogP) is 2.55. The van der Waals surface area contributed by atoms with Crippen LogP contribution in [0.25, 0.3) is 0 Å². The summed E-state index contributed by atoms with van der Waals surface area (Å²) in [4.78, 5) is 10.6. The average molecular weight is 226 g/mol. The van der Waals surface area contributed by atoms with Gasteiger partial charge in [-0.25, -0.2) is 0 Å². The van der Waals surface area contributed by atoms with Crippen molar-refractivity contribution >= 4 is 18.9 Å². The van der Waals surface area contributed by atoms with Crippen LogP contribution in [0.2, 0.25) is 0 Å². The third-order valence-electron chi connectivity index (χ3n) is 1.95. The molecule has 0 aliphatic carbocycles. The van der Waals surface area contributed by atoms with E-state index in [2.05, 4.69) is 12.6 Å². The van der Waals surface area contributed by atoms with Crippen LogP contribution < -0.4 is 9.47 Å². The van der Waals surface area contributed by atoms with Crippen LogP contribution in [0.15, 0.2) is 18.2 Å². The second kappa shape index (κ2) is 5.66. The van der Waals surface area contributed by atoms with Gasteiger partial charge >= 0.3 is 0 Å². The molecule has 1 rings (SSSR count). The first kappa shape index (κ1) is 11.9. The highest BCUT2D eigenvalue weighted by molar-refractivity contribution is 7.80. The minimum atomic E-state index is -0.142. The highest BCUT2D eigenvalue weighted by Gasteiger charge is 2.06. The number of methoxy groups -OCH3 is 1. The summed E-state index contributed by atoms with van der Waals surface area (Å²) in [6, 6.07) is 5.07. The Labute approximate surface area is 94.8 Å². The molecule has 0 saturated carbocycles. The quantitative estimate of drug-likeness (QED) is 0.476. The topological polar surface area (TPSA) is 35.5 Å². The van der Waals surface area contributed by atoms with Crippen molar-refractivity contribution in [1.29, 1.82) is 0 Å². The van der Waals surface area contributed by atoms with Crippen LogP contribution in [0.5, 0.6) is 11.5 Å². The molecule has 1 aromatic rings. The summed E-state index contributed by atoms with van der Waals surface area (Å²) in [5.41, 5.74) is 0.369. The van der Waals surface area contributed by atoms with Gasteiger partial charge in [0.1, 0.15) is 16.9 Å². The lowest BCUT2D eigenvalue weighted by Gasteiger charge is -2.13. The van der Waals surface area contributed by atoms with Gasteiger partial charge in [0.05, 0.1) is 12.7 Å². The van der Waals surface area contributed by atoms with Gasteiger partial charge in [-0.1, -0.05) is 6.92 Å². The third kappa shape index (κ3) is 3.16. The zero-order valence-electron chi connectivity index (χ0n) is 8.77. The molecule has 3 nitrogen and oxygen atoms in total. The molecule has 0 radical (unpaired) electrons. The first-order chi connectivity index (χ1) is 7.21.